The largest absolute Gasteiger partial charge is 0.352 e. The molecule has 0 amide bonds. The lowest BCUT2D eigenvalue weighted by atomic mass is 9.92. The van der Waals surface area contributed by atoms with Crippen molar-refractivity contribution in [3.8, 4) is 11.1 Å². The lowest BCUT2D eigenvalue weighted by molar-refractivity contribution is 0.514. The van der Waals surface area contributed by atoms with Gasteiger partial charge in [0, 0.05) is 25.2 Å². The highest BCUT2D eigenvalue weighted by molar-refractivity contribution is 5.81. The molecule has 0 spiro atoms. The molecule has 0 radical (unpaired) electrons. The molecule has 2 aromatic carbocycles. The van der Waals surface area contributed by atoms with E-state index in [1.54, 1.807) is 0 Å². The van der Waals surface area contributed by atoms with E-state index >= 15 is 0 Å². The molecule has 3 nitrogen and oxygen atoms in total. The highest BCUT2D eigenvalue weighted by Crippen LogP contribution is 2.40. The molecule has 0 aliphatic carbocycles. The van der Waals surface area contributed by atoms with Crippen LogP contribution in [0.15, 0.2) is 48.5 Å². The predicted molar refractivity (Wildman–Crippen MR) is 109 cm³/mol. The van der Waals surface area contributed by atoms with Crippen molar-refractivity contribution in [2.24, 2.45) is 0 Å². The standard InChI is InChI=1S/C23H26FN3/c1-16(2)20-7-4-5-8-21(20)22-17(3)25-27-14-6-13-26(23(22)27)15-18-9-11-19(24)12-10-18/h4-5,7-12,16H,6,13-15H2,1-3H3. The van der Waals surface area contributed by atoms with Gasteiger partial charge >= 0.3 is 0 Å². The van der Waals surface area contributed by atoms with E-state index in [-0.39, 0.29) is 5.82 Å². The predicted octanol–water partition coefficient (Wildman–Crippen LogP) is 5.53. The van der Waals surface area contributed by atoms with Crippen molar-refractivity contribution in [1.82, 2.24) is 9.78 Å². The fourth-order valence-electron chi connectivity index (χ4n) is 4.07. The summed E-state index contributed by atoms with van der Waals surface area (Å²) < 4.78 is 15.4. The molecule has 0 N–H and O–H groups in total. The van der Waals surface area contributed by atoms with Crippen LogP contribution in [0.3, 0.4) is 0 Å². The lowest BCUT2D eigenvalue weighted by Gasteiger charge is -2.31. The van der Waals surface area contributed by atoms with E-state index in [2.05, 4.69) is 54.6 Å². The Bertz CT molecular complexity index is 941. The quantitative estimate of drug-likeness (QED) is 0.607. The fourth-order valence-corrected chi connectivity index (χ4v) is 4.07. The summed E-state index contributed by atoms with van der Waals surface area (Å²) >= 11 is 0. The van der Waals surface area contributed by atoms with Crippen LogP contribution in [-0.2, 0) is 13.1 Å². The number of benzene rings is 2. The summed E-state index contributed by atoms with van der Waals surface area (Å²) in [6.07, 6.45) is 1.07. The van der Waals surface area contributed by atoms with Crippen LogP contribution in [0.2, 0.25) is 0 Å². The summed E-state index contributed by atoms with van der Waals surface area (Å²) in [4.78, 5) is 2.39. The number of rotatable bonds is 4. The number of aromatic nitrogens is 2. The molecule has 4 rings (SSSR count). The third-order valence-electron chi connectivity index (χ3n) is 5.34. The Balaban J connectivity index is 1.80. The van der Waals surface area contributed by atoms with Gasteiger partial charge in [0.25, 0.3) is 0 Å². The summed E-state index contributed by atoms with van der Waals surface area (Å²) in [6, 6.07) is 15.5. The lowest BCUT2D eigenvalue weighted by Crippen LogP contribution is -2.32. The Hall–Kier alpha value is -2.62. The first-order valence-corrected chi connectivity index (χ1v) is 9.70. The summed E-state index contributed by atoms with van der Waals surface area (Å²) in [7, 11) is 0. The zero-order valence-electron chi connectivity index (χ0n) is 16.2. The molecular weight excluding hydrogens is 337 g/mol. The maximum atomic E-state index is 13.3. The fraction of sp³-hybridized carbons (Fsp3) is 0.348. The SMILES string of the molecule is Cc1nn2c(c1-c1ccccc1C(C)C)N(Cc1ccc(F)cc1)CCC2. The summed E-state index contributed by atoms with van der Waals surface area (Å²) in [5.74, 6) is 1.45. The second-order valence-electron chi connectivity index (χ2n) is 7.65. The van der Waals surface area contributed by atoms with Gasteiger partial charge in [-0.1, -0.05) is 50.2 Å². The average Bonchev–Trinajstić information content (AvgIpc) is 3.00. The van der Waals surface area contributed by atoms with Crippen LogP contribution in [0.4, 0.5) is 10.2 Å². The highest BCUT2D eigenvalue weighted by Gasteiger charge is 2.26. The third-order valence-corrected chi connectivity index (χ3v) is 5.34. The van der Waals surface area contributed by atoms with E-state index in [1.807, 2.05) is 12.1 Å². The Morgan fingerprint density at radius 3 is 2.52 bits per heavy atom. The van der Waals surface area contributed by atoms with Gasteiger partial charge in [-0.05, 0) is 48.1 Å². The van der Waals surface area contributed by atoms with Crippen LogP contribution in [-0.4, -0.2) is 16.3 Å². The number of hydrogen-bond donors (Lipinski definition) is 0. The van der Waals surface area contributed by atoms with E-state index in [0.29, 0.717) is 5.92 Å². The van der Waals surface area contributed by atoms with Crippen LogP contribution in [0.5, 0.6) is 0 Å². The normalized spacial score (nSPS) is 13.9. The minimum absolute atomic E-state index is 0.190. The minimum Gasteiger partial charge on any atom is -0.352 e. The molecule has 0 atom stereocenters. The van der Waals surface area contributed by atoms with Gasteiger partial charge in [0.15, 0.2) is 0 Å². The summed E-state index contributed by atoms with van der Waals surface area (Å²) in [5.41, 5.74) is 6.05. The number of fused-ring (bicyclic) bond motifs is 1. The van der Waals surface area contributed by atoms with Crippen molar-refractivity contribution < 1.29 is 4.39 Å². The maximum absolute atomic E-state index is 13.3. The molecule has 27 heavy (non-hydrogen) atoms. The van der Waals surface area contributed by atoms with Gasteiger partial charge in [0.2, 0.25) is 0 Å². The van der Waals surface area contributed by atoms with Crippen molar-refractivity contribution in [1.29, 1.82) is 0 Å². The Kier molecular flexibility index (Phi) is 4.73. The molecular formula is C23H26FN3. The number of anilines is 1. The van der Waals surface area contributed by atoms with Crippen molar-refractivity contribution in [3.63, 3.8) is 0 Å². The highest BCUT2D eigenvalue weighted by atomic mass is 19.1. The van der Waals surface area contributed by atoms with Gasteiger partial charge in [-0.25, -0.2) is 9.07 Å². The Morgan fingerprint density at radius 1 is 1.04 bits per heavy atom. The van der Waals surface area contributed by atoms with Crippen LogP contribution in [0.25, 0.3) is 11.1 Å². The molecule has 0 saturated carbocycles. The molecule has 1 aliphatic heterocycles. The Labute approximate surface area is 160 Å². The third kappa shape index (κ3) is 3.36. The van der Waals surface area contributed by atoms with E-state index in [9.17, 15) is 4.39 Å². The van der Waals surface area contributed by atoms with Crippen molar-refractivity contribution in [3.05, 3.63) is 71.2 Å². The molecule has 140 valence electrons. The first-order valence-electron chi connectivity index (χ1n) is 9.70. The number of nitrogens with zero attached hydrogens (tertiary/aromatic N) is 3. The number of halogens is 1. The minimum atomic E-state index is -0.190. The van der Waals surface area contributed by atoms with E-state index in [1.165, 1.54) is 34.6 Å². The second kappa shape index (κ2) is 7.18. The van der Waals surface area contributed by atoms with Crippen molar-refractivity contribution in [2.75, 3.05) is 11.4 Å². The Morgan fingerprint density at radius 2 is 1.78 bits per heavy atom. The first-order chi connectivity index (χ1) is 13.0. The van der Waals surface area contributed by atoms with Gasteiger partial charge < -0.3 is 4.90 Å². The van der Waals surface area contributed by atoms with Crippen molar-refractivity contribution >= 4 is 5.82 Å². The van der Waals surface area contributed by atoms with Crippen LogP contribution in [0, 0.1) is 12.7 Å². The molecule has 0 fully saturated rings. The molecule has 0 bridgehead atoms. The summed E-state index contributed by atoms with van der Waals surface area (Å²) in [6.45, 7) is 9.27. The monoisotopic (exact) mass is 363 g/mol. The zero-order valence-corrected chi connectivity index (χ0v) is 16.2. The van der Waals surface area contributed by atoms with Crippen molar-refractivity contribution in [2.45, 2.75) is 46.2 Å². The molecule has 3 aromatic rings. The molecule has 1 aliphatic rings. The molecule has 0 saturated heterocycles. The van der Waals surface area contributed by atoms with E-state index in [0.717, 1.165) is 37.3 Å². The van der Waals surface area contributed by atoms with Gasteiger partial charge in [0.1, 0.15) is 11.6 Å². The summed E-state index contributed by atoms with van der Waals surface area (Å²) in [5, 5.41) is 4.85. The van der Waals surface area contributed by atoms with Gasteiger partial charge in [0.05, 0.1) is 5.69 Å². The smallest absolute Gasteiger partial charge is 0.135 e. The average molecular weight is 363 g/mol. The zero-order chi connectivity index (χ0) is 19.0. The first kappa shape index (κ1) is 17.8. The van der Waals surface area contributed by atoms with E-state index < -0.39 is 0 Å². The van der Waals surface area contributed by atoms with Gasteiger partial charge in [-0.3, -0.25) is 0 Å². The van der Waals surface area contributed by atoms with Crippen LogP contribution in [0.1, 0.15) is 43.0 Å². The number of aryl methyl sites for hydroxylation is 2. The van der Waals surface area contributed by atoms with Crippen LogP contribution >= 0.6 is 0 Å². The molecule has 0 unspecified atom stereocenters. The van der Waals surface area contributed by atoms with Gasteiger partial charge in [-0.15, -0.1) is 0 Å². The molecule has 2 heterocycles. The van der Waals surface area contributed by atoms with E-state index in [4.69, 9.17) is 5.10 Å². The maximum Gasteiger partial charge on any atom is 0.135 e. The molecule has 4 heteroatoms. The topological polar surface area (TPSA) is 21.1 Å². The number of hydrogen-bond acceptors (Lipinski definition) is 2. The molecule has 1 aromatic heterocycles. The van der Waals surface area contributed by atoms with Gasteiger partial charge in [-0.2, -0.15) is 5.10 Å². The second-order valence-corrected chi connectivity index (χ2v) is 7.65. The van der Waals surface area contributed by atoms with Crippen LogP contribution < -0.4 is 4.90 Å².